The normalized spacial score (nSPS) is 23.6. The van der Waals surface area contributed by atoms with Crippen LogP contribution in [0, 0.1) is 11.8 Å². The second kappa shape index (κ2) is 4.89. The fraction of sp³-hybridized carbons (Fsp3) is 0.583. The van der Waals surface area contributed by atoms with Crippen molar-refractivity contribution in [1.82, 2.24) is 19.9 Å². The Hall–Kier alpha value is -1.69. The summed E-state index contributed by atoms with van der Waals surface area (Å²) < 4.78 is 0. The second-order valence-corrected chi connectivity index (χ2v) is 4.84. The van der Waals surface area contributed by atoms with E-state index in [0.717, 1.165) is 24.3 Å². The number of imidazole rings is 1. The maximum atomic E-state index is 9.30. The number of aromatic nitrogens is 4. The van der Waals surface area contributed by atoms with Crippen LogP contribution in [0.4, 0.5) is 5.82 Å². The van der Waals surface area contributed by atoms with E-state index in [1.54, 1.807) is 6.33 Å². The van der Waals surface area contributed by atoms with E-state index in [4.69, 9.17) is 0 Å². The van der Waals surface area contributed by atoms with Crippen LogP contribution in [0.5, 0.6) is 0 Å². The third-order valence-corrected chi connectivity index (χ3v) is 3.81. The predicted octanol–water partition coefficient (Wildman–Crippen LogP) is 1.17. The van der Waals surface area contributed by atoms with Crippen molar-refractivity contribution in [2.75, 3.05) is 18.5 Å². The maximum Gasteiger partial charge on any atom is 0.182 e. The van der Waals surface area contributed by atoms with Crippen molar-refractivity contribution in [2.24, 2.45) is 11.8 Å². The molecule has 2 aromatic rings. The van der Waals surface area contributed by atoms with Gasteiger partial charge in [-0.15, -0.1) is 0 Å². The number of hydrogen-bond donors (Lipinski definition) is 3. The van der Waals surface area contributed by atoms with Crippen molar-refractivity contribution in [3.05, 3.63) is 12.7 Å². The number of hydrogen-bond acceptors (Lipinski definition) is 5. The first-order valence-corrected chi connectivity index (χ1v) is 6.37. The van der Waals surface area contributed by atoms with Gasteiger partial charge in [-0.3, -0.25) is 0 Å². The Morgan fingerprint density at radius 2 is 2.17 bits per heavy atom. The molecule has 3 rings (SSSR count). The number of fused-ring (bicyclic) bond motifs is 1. The lowest BCUT2D eigenvalue weighted by Gasteiger charge is -2.18. The first-order valence-electron chi connectivity index (χ1n) is 6.37. The summed E-state index contributed by atoms with van der Waals surface area (Å²) in [5.74, 6) is 1.75. The van der Waals surface area contributed by atoms with Gasteiger partial charge in [0.15, 0.2) is 11.5 Å². The van der Waals surface area contributed by atoms with Crippen LogP contribution >= 0.6 is 0 Å². The molecule has 0 amide bonds. The van der Waals surface area contributed by atoms with Crippen molar-refractivity contribution in [2.45, 2.75) is 19.3 Å². The van der Waals surface area contributed by atoms with Gasteiger partial charge >= 0.3 is 0 Å². The molecule has 1 fully saturated rings. The minimum absolute atomic E-state index is 0.287. The van der Waals surface area contributed by atoms with Gasteiger partial charge in [0.25, 0.3) is 0 Å². The second-order valence-electron chi connectivity index (χ2n) is 4.84. The molecule has 96 valence electrons. The molecule has 18 heavy (non-hydrogen) atoms. The molecule has 2 heterocycles. The quantitative estimate of drug-likeness (QED) is 0.755. The van der Waals surface area contributed by atoms with Gasteiger partial charge in [0.1, 0.15) is 11.8 Å². The van der Waals surface area contributed by atoms with E-state index >= 15 is 0 Å². The molecular weight excluding hydrogens is 230 g/mol. The summed E-state index contributed by atoms with van der Waals surface area (Å²) in [6, 6.07) is 0. The number of H-pyrrole nitrogens is 1. The summed E-state index contributed by atoms with van der Waals surface area (Å²) >= 11 is 0. The average Bonchev–Trinajstić information content (AvgIpc) is 3.04. The smallest absolute Gasteiger partial charge is 0.182 e. The van der Waals surface area contributed by atoms with Crippen molar-refractivity contribution in [3.8, 4) is 0 Å². The van der Waals surface area contributed by atoms with E-state index in [1.165, 1.54) is 19.2 Å². The van der Waals surface area contributed by atoms with Crippen molar-refractivity contribution in [3.63, 3.8) is 0 Å². The van der Waals surface area contributed by atoms with E-state index in [1.807, 2.05) is 0 Å². The molecule has 2 unspecified atom stereocenters. The molecular formula is C12H17N5O. The highest BCUT2D eigenvalue weighted by atomic mass is 16.3. The lowest BCUT2D eigenvalue weighted by molar-refractivity contribution is 0.199. The standard InChI is InChI=1S/C12H17N5O/c18-5-9-3-1-2-8(9)4-13-11-10-12(15-6-14-10)17-7-16-11/h6-9,18H,1-5H2,(H2,13,14,15,16,17). The Bertz CT molecular complexity index is 526. The monoisotopic (exact) mass is 247 g/mol. The van der Waals surface area contributed by atoms with Gasteiger partial charge in [-0.1, -0.05) is 6.42 Å². The van der Waals surface area contributed by atoms with Crippen LogP contribution in [0.15, 0.2) is 12.7 Å². The van der Waals surface area contributed by atoms with Crippen molar-refractivity contribution in [1.29, 1.82) is 0 Å². The highest BCUT2D eigenvalue weighted by molar-refractivity contribution is 5.81. The molecule has 1 saturated carbocycles. The third-order valence-electron chi connectivity index (χ3n) is 3.81. The molecule has 0 aliphatic heterocycles. The fourth-order valence-corrected chi connectivity index (χ4v) is 2.75. The molecule has 3 N–H and O–H groups in total. The van der Waals surface area contributed by atoms with E-state index in [0.29, 0.717) is 17.5 Å². The molecule has 1 aliphatic carbocycles. The fourth-order valence-electron chi connectivity index (χ4n) is 2.75. The van der Waals surface area contributed by atoms with Crippen molar-refractivity contribution < 1.29 is 5.11 Å². The van der Waals surface area contributed by atoms with Crippen LogP contribution in [0.25, 0.3) is 11.2 Å². The first kappa shape index (κ1) is 11.4. The van der Waals surface area contributed by atoms with Gasteiger partial charge in [0.2, 0.25) is 0 Å². The third kappa shape index (κ3) is 2.03. The Labute approximate surface area is 105 Å². The van der Waals surface area contributed by atoms with Crippen LogP contribution in [-0.4, -0.2) is 38.2 Å². The summed E-state index contributed by atoms with van der Waals surface area (Å²) in [7, 11) is 0. The molecule has 0 aromatic carbocycles. The molecule has 0 radical (unpaired) electrons. The predicted molar refractivity (Wildman–Crippen MR) is 68.1 cm³/mol. The zero-order valence-electron chi connectivity index (χ0n) is 10.1. The van der Waals surface area contributed by atoms with E-state index in [2.05, 4.69) is 25.3 Å². The number of aliphatic hydroxyl groups is 1. The van der Waals surface area contributed by atoms with Crippen LogP contribution < -0.4 is 5.32 Å². The summed E-state index contributed by atoms with van der Waals surface area (Å²) in [4.78, 5) is 15.5. The molecule has 6 nitrogen and oxygen atoms in total. The number of nitrogens with zero attached hydrogens (tertiary/aromatic N) is 3. The SMILES string of the molecule is OCC1CCCC1CNc1ncnc2nc[nH]c12. The van der Waals surface area contributed by atoms with Gasteiger partial charge < -0.3 is 15.4 Å². The van der Waals surface area contributed by atoms with E-state index < -0.39 is 0 Å². The number of aliphatic hydroxyl groups excluding tert-OH is 1. The topological polar surface area (TPSA) is 86.7 Å². The zero-order valence-corrected chi connectivity index (χ0v) is 10.1. The molecule has 2 atom stereocenters. The van der Waals surface area contributed by atoms with E-state index in [-0.39, 0.29) is 6.61 Å². The molecule has 0 saturated heterocycles. The summed E-state index contributed by atoms with van der Waals surface area (Å²) in [5, 5.41) is 12.6. The highest BCUT2D eigenvalue weighted by Gasteiger charge is 2.26. The minimum Gasteiger partial charge on any atom is -0.396 e. The summed E-state index contributed by atoms with van der Waals surface area (Å²) in [5.41, 5.74) is 1.52. The molecule has 0 spiro atoms. The highest BCUT2D eigenvalue weighted by Crippen LogP contribution is 2.31. The lowest BCUT2D eigenvalue weighted by atomic mass is 9.97. The van der Waals surface area contributed by atoms with Gasteiger partial charge in [-0.2, -0.15) is 0 Å². The minimum atomic E-state index is 0.287. The van der Waals surface area contributed by atoms with Crippen LogP contribution in [0.3, 0.4) is 0 Å². The Morgan fingerprint density at radius 1 is 1.28 bits per heavy atom. The van der Waals surface area contributed by atoms with Crippen molar-refractivity contribution >= 4 is 17.0 Å². The first-order chi connectivity index (χ1) is 8.88. The van der Waals surface area contributed by atoms with Gasteiger partial charge in [-0.25, -0.2) is 15.0 Å². The molecule has 6 heteroatoms. The zero-order chi connectivity index (χ0) is 12.4. The van der Waals surface area contributed by atoms with Gasteiger partial charge in [0.05, 0.1) is 6.33 Å². The largest absolute Gasteiger partial charge is 0.396 e. The maximum absolute atomic E-state index is 9.30. The number of anilines is 1. The van der Waals surface area contributed by atoms with Crippen LogP contribution in [-0.2, 0) is 0 Å². The Morgan fingerprint density at radius 3 is 3.06 bits per heavy atom. The van der Waals surface area contributed by atoms with Crippen LogP contribution in [0.1, 0.15) is 19.3 Å². The van der Waals surface area contributed by atoms with E-state index in [9.17, 15) is 5.11 Å². The lowest BCUT2D eigenvalue weighted by Crippen LogP contribution is -2.21. The number of nitrogens with one attached hydrogen (secondary N) is 2. The van der Waals surface area contributed by atoms with Gasteiger partial charge in [-0.05, 0) is 24.7 Å². The van der Waals surface area contributed by atoms with Crippen LogP contribution in [0.2, 0.25) is 0 Å². The summed E-state index contributed by atoms with van der Waals surface area (Å²) in [6.07, 6.45) is 6.66. The number of rotatable bonds is 4. The Kier molecular flexibility index (Phi) is 3.10. The molecule has 0 bridgehead atoms. The number of aromatic amines is 1. The van der Waals surface area contributed by atoms with Gasteiger partial charge in [0, 0.05) is 13.2 Å². The summed E-state index contributed by atoms with van der Waals surface area (Å²) in [6.45, 7) is 1.13. The molecule has 1 aliphatic rings. The molecule has 2 aromatic heterocycles. The Balaban J connectivity index is 1.71. The average molecular weight is 247 g/mol.